The molecule has 1 aliphatic rings. The van der Waals surface area contributed by atoms with Crippen LogP contribution < -0.4 is 5.32 Å². The molecule has 4 heteroatoms. The number of anilines is 1. The van der Waals surface area contributed by atoms with Crippen LogP contribution in [0, 0.1) is 0 Å². The highest BCUT2D eigenvalue weighted by atomic mass is 32.2. The van der Waals surface area contributed by atoms with E-state index in [9.17, 15) is 0 Å². The Morgan fingerprint density at radius 3 is 2.92 bits per heavy atom. The minimum Gasteiger partial charge on any atom is -0.379 e. The Morgan fingerprint density at radius 2 is 2.23 bits per heavy atom. The molecule has 3 nitrogen and oxygen atoms in total. The lowest BCUT2D eigenvalue weighted by molar-refractivity contribution is 0.684. The SMILES string of the molecule is c1ncc(NC2CCCSC2)cn1. The van der Waals surface area contributed by atoms with Gasteiger partial charge in [-0.05, 0) is 18.6 Å². The van der Waals surface area contributed by atoms with Gasteiger partial charge in [-0.1, -0.05) is 0 Å². The van der Waals surface area contributed by atoms with Crippen LogP contribution in [0.15, 0.2) is 18.7 Å². The van der Waals surface area contributed by atoms with Crippen LogP contribution in [0.4, 0.5) is 5.69 Å². The van der Waals surface area contributed by atoms with E-state index in [0.29, 0.717) is 6.04 Å². The van der Waals surface area contributed by atoms with Gasteiger partial charge in [-0.15, -0.1) is 0 Å². The van der Waals surface area contributed by atoms with Crippen LogP contribution in [-0.4, -0.2) is 27.5 Å². The summed E-state index contributed by atoms with van der Waals surface area (Å²) in [6.07, 6.45) is 7.79. The number of aromatic nitrogens is 2. The van der Waals surface area contributed by atoms with Gasteiger partial charge in [0, 0.05) is 11.8 Å². The molecule has 1 atom stereocenters. The van der Waals surface area contributed by atoms with Gasteiger partial charge in [-0.3, -0.25) is 0 Å². The maximum atomic E-state index is 3.97. The molecule has 1 fully saturated rings. The van der Waals surface area contributed by atoms with E-state index in [4.69, 9.17) is 0 Å². The van der Waals surface area contributed by atoms with Crippen molar-refractivity contribution < 1.29 is 0 Å². The monoisotopic (exact) mass is 195 g/mol. The quantitative estimate of drug-likeness (QED) is 0.780. The fourth-order valence-corrected chi connectivity index (χ4v) is 2.54. The number of rotatable bonds is 2. The van der Waals surface area contributed by atoms with Gasteiger partial charge in [0.15, 0.2) is 0 Å². The van der Waals surface area contributed by atoms with Gasteiger partial charge in [-0.2, -0.15) is 11.8 Å². The second kappa shape index (κ2) is 4.46. The van der Waals surface area contributed by atoms with Crippen LogP contribution in [0.1, 0.15) is 12.8 Å². The maximum absolute atomic E-state index is 3.97. The molecule has 0 aromatic carbocycles. The molecule has 0 saturated carbocycles. The Hall–Kier alpha value is -0.770. The van der Waals surface area contributed by atoms with E-state index in [0.717, 1.165) is 5.69 Å². The maximum Gasteiger partial charge on any atom is 0.115 e. The third-order valence-electron chi connectivity index (χ3n) is 2.09. The van der Waals surface area contributed by atoms with Gasteiger partial charge in [0.25, 0.3) is 0 Å². The Balaban J connectivity index is 1.90. The Morgan fingerprint density at radius 1 is 1.38 bits per heavy atom. The first-order chi connectivity index (χ1) is 6.45. The zero-order valence-electron chi connectivity index (χ0n) is 7.44. The van der Waals surface area contributed by atoms with Crippen molar-refractivity contribution in [1.82, 2.24) is 9.97 Å². The fraction of sp³-hybridized carbons (Fsp3) is 0.556. The smallest absolute Gasteiger partial charge is 0.115 e. The molecule has 70 valence electrons. The van der Waals surface area contributed by atoms with Crippen molar-refractivity contribution in [3.63, 3.8) is 0 Å². The van der Waals surface area contributed by atoms with Crippen LogP contribution in [0.25, 0.3) is 0 Å². The van der Waals surface area contributed by atoms with Crippen molar-refractivity contribution in [2.75, 3.05) is 16.8 Å². The number of nitrogens with one attached hydrogen (secondary N) is 1. The predicted molar refractivity (Wildman–Crippen MR) is 56.0 cm³/mol. The molecule has 1 aromatic rings. The van der Waals surface area contributed by atoms with E-state index in [1.807, 2.05) is 24.2 Å². The molecule has 0 spiro atoms. The van der Waals surface area contributed by atoms with Gasteiger partial charge in [-0.25, -0.2) is 9.97 Å². The molecular weight excluding hydrogens is 182 g/mol. The highest BCUT2D eigenvalue weighted by Gasteiger charge is 2.12. The molecule has 2 rings (SSSR count). The highest BCUT2D eigenvalue weighted by Crippen LogP contribution is 2.19. The Labute approximate surface area is 82.4 Å². The van der Waals surface area contributed by atoms with Crippen LogP contribution in [0.5, 0.6) is 0 Å². The number of thioether (sulfide) groups is 1. The van der Waals surface area contributed by atoms with Crippen molar-refractivity contribution in [2.24, 2.45) is 0 Å². The van der Waals surface area contributed by atoms with Crippen LogP contribution in [0.2, 0.25) is 0 Å². The Kier molecular flexibility index (Phi) is 3.02. The van der Waals surface area contributed by atoms with E-state index in [1.54, 1.807) is 6.33 Å². The third kappa shape index (κ3) is 2.59. The second-order valence-corrected chi connectivity index (χ2v) is 4.34. The van der Waals surface area contributed by atoms with E-state index < -0.39 is 0 Å². The molecule has 2 heterocycles. The average molecular weight is 195 g/mol. The topological polar surface area (TPSA) is 37.8 Å². The van der Waals surface area contributed by atoms with Crippen molar-refractivity contribution in [2.45, 2.75) is 18.9 Å². The third-order valence-corrected chi connectivity index (χ3v) is 3.31. The summed E-state index contributed by atoms with van der Waals surface area (Å²) in [6, 6.07) is 0.602. The standard InChI is InChI=1S/C9H13N3S/c1-2-8(6-13-3-1)12-9-4-10-7-11-5-9/h4-5,7-8,12H,1-3,6H2. The van der Waals surface area contributed by atoms with E-state index >= 15 is 0 Å². The van der Waals surface area contributed by atoms with Crippen LogP contribution in [0.3, 0.4) is 0 Å². The molecule has 0 radical (unpaired) electrons. The molecular formula is C9H13N3S. The molecule has 1 aliphatic heterocycles. The molecule has 0 amide bonds. The summed E-state index contributed by atoms with van der Waals surface area (Å²) in [5.41, 5.74) is 1.04. The zero-order chi connectivity index (χ0) is 8.93. The summed E-state index contributed by atoms with van der Waals surface area (Å²) in [5, 5.41) is 3.44. The summed E-state index contributed by atoms with van der Waals surface area (Å²) >= 11 is 2.02. The molecule has 1 saturated heterocycles. The normalized spacial score (nSPS) is 22.6. The molecule has 1 N–H and O–H groups in total. The van der Waals surface area contributed by atoms with Gasteiger partial charge in [0.1, 0.15) is 6.33 Å². The van der Waals surface area contributed by atoms with Crippen molar-refractivity contribution >= 4 is 17.4 Å². The first-order valence-electron chi connectivity index (χ1n) is 4.54. The second-order valence-electron chi connectivity index (χ2n) is 3.19. The number of nitrogens with zero attached hydrogens (tertiary/aromatic N) is 2. The van der Waals surface area contributed by atoms with Crippen molar-refractivity contribution in [3.8, 4) is 0 Å². The molecule has 1 unspecified atom stereocenters. The van der Waals surface area contributed by atoms with Crippen molar-refractivity contribution in [1.29, 1.82) is 0 Å². The summed E-state index contributed by atoms with van der Waals surface area (Å²) < 4.78 is 0. The van der Waals surface area contributed by atoms with E-state index in [-0.39, 0.29) is 0 Å². The summed E-state index contributed by atoms with van der Waals surface area (Å²) in [5.74, 6) is 2.51. The average Bonchev–Trinajstić information content (AvgIpc) is 2.21. The van der Waals surface area contributed by atoms with E-state index in [1.165, 1.54) is 24.3 Å². The molecule has 0 aliphatic carbocycles. The van der Waals surface area contributed by atoms with Gasteiger partial charge in [0.2, 0.25) is 0 Å². The molecule has 13 heavy (non-hydrogen) atoms. The molecule has 1 aromatic heterocycles. The Bertz CT molecular complexity index is 246. The first-order valence-corrected chi connectivity index (χ1v) is 5.70. The van der Waals surface area contributed by atoms with Gasteiger partial charge in [0.05, 0.1) is 18.1 Å². The number of hydrogen-bond donors (Lipinski definition) is 1. The number of hydrogen-bond acceptors (Lipinski definition) is 4. The summed E-state index contributed by atoms with van der Waals surface area (Å²) in [7, 11) is 0. The minimum atomic E-state index is 0.602. The highest BCUT2D eigenvalue weighted by molar-refractivity contribution is 7.99. The fourth-order valence-electron chi connectivity index (χ4n) is 1.46. The van der Waals surface area contributed by atoms with Crippen LogP contribution >= 0.6 is 11.8 Å². The molecule has 0 bridgehead atoms. The zero-order valence-corrected chi connectivity index (χ0v) is 8.26. The van der Waals surface area contributed by atoms with Crippen molar-refractivity contribution in [3.05, 3.63) is 18.7 Å². The lowest BCUT2D eigenvalue weighted by Crippen LogP contribution is -2.25. The minimum absolute atomic E-state index is 0.602. The lowest BCUT2D eigenvalue weighted by Gasteiger charge is -2.22. The predicted octanol–water partition coefficient (Wildman–Crippen LogP) is 1.78. The van der Waals surface area contributed by atoms with Gasteiger partial charge < -0.3 is 5.32 Å². The largest absolute Gasteiger partial charge is 0.379 e. The van der Waals surface area contributed by atoms with E-state index in [2.05, 4.69) is 15.3 Å². The van der Waals surface area contributed by atoms with Gasteiger partial charge >= 0.3 is 0 Å². The lowest BCUT2D eigenvalue weighted by atomic mass is 10.2. The van der Waals surface area contributed by atoms with Crippen LogP contribution in [-0.2, 0) is 0 Å². The summed E-state index contributed by atoms with van der Waals surface area (Å²) in [6.45, 7) is 0. The summed E-state index contributed by atoms with van der Waals surface area (Å²) in [4.78, 5) is 7.94. The first kappa shape index (κ1) is 8.81.